The lowest BCUT2D eigenvalue weighted by Gasteiger charge is -2.19. The van der Waals surface area contributed by atoms with Gasteiger partial charge in [-0.2, -0.15) is 4.39 Å². The van der Waals surface area contributed by atoms with E-state index in [-0.39, 0.29) is 18.3 Å². The highest BCUT2D eigenvalue weighted by Gasteiger charge is 2.39. The molecule has 13 heavy (non-hydrogen) atoms. The summed E-state index contributed by atoms with van der Waals surface area (Å²) in [6.45, 7) is -0.190. The van der Waals surface area contributed by atoms with E-state index in [9.17, 15) is 18.4 Å². The van der Waals surface area contributed by atoms with E-state index in [0.29, 0.717) is 0 Å². The molecular formula is C7H8BrF2NO2. The standard InChI is InChI=1S/C7H8BrF2NO2/c8-2-6(12)11-3-4(9)1-5(11)7(10)13/h4-5H,1-3H2/t4-,5+/m1/s1. The van der Waals surface area contributed by atoms with Crippen LogP contribution in [-0.2, 0) is 9.59 Å². The lowest BCUT2D eigenvalue weighted by atomic mass is 10.2. The fourth-order valence-corrected chi connectivity index (χ4v) is 1.67. The van der Waals surface area contributed by atoms with Crippen molar-refractivity contribution in [3.63, 3.8) is 0 Å². The fourth-order valence-electron chi connectivity index (χ4n) is 1.35. The summed E-state index contributed by atoms with van der Waals surface area (Å²) < 4.78 is 25.1. The maximum Gasteiger partial charge on any atom is 0.323 e. The molecule has 0 unspecified atom stereocenters. The highest BCUT2D eigenvalue weighted by molar-refractivity contribution is 9.09. The molecule has 1 aliphatic heterocycles. The molecular weight excluding hydrogens is 248 g/mol. The average Bonchev–Trinajstić information content (AvgIpc) is 2.46. The predicted molar refractivity (Wildman–Crippen MR) is 44.9 cm³/mol. The van der Waals surface area contributed by atoms with Crippen molar-refractivity contribution in [2.75, 3.05) is 11.9 Å². The minimum absolute atomic E-state index is 0.0243. The van der Waals surface area contributed by atoms with Crippen LogP contribution in [0.25, 0.3) is 0 Å². The van der Waals surface area contributed by atoms with E-state index in [4.69, 9.17) is 0 Å². The molecule has 0 N–H and O–H groups in total. The van der Waals surface area contributed by atoms with Crippen molar-refractivity contribution >= 4 is 27.9 Å². The van der Waals surface area contributed by atoms with Gasteiger partial charge in [0.25, 0.3) is 0 Å². The number of halogens is 3. The molecule has 1 aliphatic rings. The van der Waals surface area contributed by atoms with Crippen molar-refractivity contribution in [1.82, 2.24) is 4.90 Å². The second-order valence-electron chi connectivity index (χ2n) is 2.83. The third-order valence-electron chi connectivity index (χ3n) is 1.95. The number of hydrogen-bond donors (Lipinski definition) is 0. The number of alkyl halides is 2. The summed E-state index contributed by atoms with van der Waals surface area (Å²) >= 11 is 2.87. The summed E-state index contributed by atoms with van der Waals surface area (Å²) in [5.41, 5.74) is 0. The topological polar surface area (TPSA) is 37.4 Å². The Morgan fingerprint density at radius 2 is 2.15 bits per heavy atom. The van der Waals surface area contributed by atoms with Crippen molar-refractivity contribution in [2.45, 2.75) is 18.6 Å². The first-order chi connectivity index (χ1) is 6.06. The molecule has 1 rings (SSSR count). The molecule has 74 valence electrons. The third-order valence-corrected chi connectivity index (χ3v) is 2.43. The van der Waals surface area contributed by atoms with Gasteiger partial charge in [0, 0.05) is 6.42 Å². The maximum atomic E-state index is 12.8. The van der Waals surface area contributed by atoms with Crippen LogP contribution in [0.3, 0.4) is 0 Å². The van der Waals surface area contributed by atoms with Gasteiger partial charge in [0.2, 0.25) is 5.91 Å². The molecule has 0 saturated carbocycles. The van der Waals surface area contributed by atoms with Gasteiger partial charge in [-0.25, -0.2) is 4.39 Å². The zero-order valence-corrected chi connectivity index (χ0v) is 8.26. The predicted octanol–water partition coefficient (Wildman–Crippen LogP) is 0.816. The molecule has 1 saturated heterocycles. The molecule has 6 heteroatoms. The zero-order chi connectivity index (χ0) is 10.0. The Kier molecular flexibility index (Phi) is 3.35. The van der Waals surface area contributed by atoms with Crippen LogP contribution in [-0.4, -0.2) is 40.9 Å². The summed E-state index contributed by atoms with van der Waals surface area (Å²) in [6, 6.07) is -2.87. The number of hydrogen-bond acceptors (Lipinski definition) is 2. The summed E-state index contributed by atoms with van der Waals surface area (Å²) in [4.78, 5) is 22.4. The number of carbonyl (C=O) groups excluding carboxylic acids is 2. The van der Waals surface area contributed by atoms with Gasteiger partial charge in [0.05, 0.1) is 11.9 Å². The van der Waals surface area contributed by atoms with Gasteiger partial charge in [-0.1, -0.05) is 15.9 Å². The van der Waals surface area contributed by atoms with Crippen LogP contribution in [0, 0.1) is 0 Å². The van der Waals surface area contributed by atoms with Crippen molar-refractivity contribution in [3.8, 4) is 0 Å². The molecule has 1 fully saturated rings. The van der Waals surface area contributed by atoms with E-state index >= 15 is 0 Å². The maximum absolute atomic E-state index is 12.8. The zero-order valence-electron chi connectivity index (χ0n) is 6.67. The molecule has 0 aliphatic carbocycles. The molecule has 0 spiro atoms. The van der Waals surface area contributed by atoms with Gasteiger partial charge in [-0.05, 0) is 0 Å². The Labute approximate surface area is 82.2 Å². The smallest absolute Gasteiger partial charge is 0.323 e. The van der Waals surface area contributed by atoms with E-state index in [2.05, 4.69) is 15.9 Å². The molecule has 0 aromatic rings. The Balaban J connectivity index is 2.71. The first-order valence-electron chi connectivity index (χ1n) is 3.75. The molecule has 0 aromatic carbocycles. The first kappa shape index (κ1) is 10.6. The first-order valence-corrected chi connectivity index (χ1v) is 4.87. The highest BCUT2D eigenvalue weighted by atomic mass is 79.9. The van der Waals surface area contributed by atoms with E-state index in [1.54, 1.807) is 0 Å². The van der Waals surface area contributed by atoms with E-state index in [1.807, 2.05) is 0 Å². The van der Waals surface area contributed by atoms with Crippen molar-refractivity contribution in [1.29, 1.82) is 0 Å². The van der Waals surface area contributed by atoms with Crippen LogP contribution in [0.4, 0.5) is 8.78 Å². The minimum Gasteiger partial charge on any atom is -0.326 e. The van der Waals surface area contributed by atoms with Crippen LogP contribution in [0.1, 0.15) is 6.42 Å². The van der Waals surface area contributed by atoms with Gasteiger partial charge in [0.15, 0.2) is 0 Å². The lowest BCUT2D eigenvalue weighted by molar-refractivity contribution is -0.141. The summed E-state index contributed by atoms with van der Waals surface area (Å²) in [5, 5.41) is -0.0243. The van der Waals surface area contributed by atoms with Crippen molar-refractivity contribution < 1.29 is 18.4 Å². The van der Waals surface area contributed by atoms with E-state index in [0.717, 1.165) is 4.90 Å². The Hall–Kier alpha value is -0.520. The molecule has 0 radical (unpaired) electrons. The normalized spacial score (nSPS) is 27.8. The third kappa shape index (κ3) is 2.24. The van der Waals surface area contributed by atoms with Gasteiger partial charge in [-0.15, -0.1) is 0 Å². The average molecular weight is 256 g/mol. The minimum atomic E-state index is -1.64. The van der Waals surface area contributed by atoms with E-state index < -0.39 is 24.2 Å². The summed E-state index contributed by atoms with van der Waals surface area (Å²) in [5.74, 6) is -0.462. The Bertz CT molecular complexity index is 237. The molecule has 0 bridgehead atoms. The monoisotopic (exact) mass is 255 g/mol. The van der Waals surface area contributed by atoms with Crippen LogP contribution >= 0.6 is 15.9 Å². The fraction of sp³-hybridized carbons (Fsp3) is 0.714. The van der Waals surface area contributed by atoms with Crippen molar-refractivity contribution in [3.05, 3.63) is 0 Å². The number of rotatable bonds is 2. The lowest BCUT2D eigenvalue weighted by Crippen LogP contribution is -2.39. The van der Waals surface area contributed by atoms with Crippen LogP contribution < -0.4 is 0 Å². The molecule has 0 aromatic heterocycles. The summed E-state index contributed by atoms with van der Waals surface area (Å²) in [7, 11) is 0. The van der Waals surface area contributed by atoms with Gasteiger partial charge < -0.3 is 4.90 Å². The number of likely N-dealkylation sites (tertiary alicyclic amines) is 1. The van der Waals surface area contributed by atoms with Crippen molar-refractivity contribution in [2.24, 2.45) is 0 Å². The molecule has 3 nitrogen and oxygen atoms in total. The van der Waals surface area contributed by atoms with Crippen LogP contribution in [0.5, 0.6) is 0 Å². The summed E-state index contributed by atoms with van der Waals surface area (Å²) in [6.07, 6.45) is -1.53. The molecule has 1 amide bonds. The van der Waals surface area contributed by atoms with Crippen LogP contribution in [0.15, 0.2) is 0 Å². The number of amides is 1. The Morgan fingerprint density at radius 1 is 1.54 bits per heavy atom. The van der Waals surface area contributed by atoms with Gasteiger partial charge >= 0.3 is 6.04 Å². The molecule has 2 atom stereocenters. The van der Waals surface area contributed by atoms with Crippen LogP contribution in [0.2, 0.25) is 0 Å². The second kappa shape index (κ2) is 4.13. The number of carbonyl (C=O) groups is 2. The number of nitrogens with zero attached hydrogens (tertiary/aromatic N) is 1. The highest BCUT2D eigenvalue weighted by Crippen LogP contribution is 2.21. The van der Waals surface area contributed by atoms with Gasteiger partial charge in [-0.3, -0.25) is 9.59 Å². The quantitative estimate of drug-likeness (QED) is 0.541. The Morgan fingerprint density at radius 3 is 2.62 bits per heavy atom. The molecule has 1 heterocycles. The van der Waals surface area contributed by atoms with E-state index in [1.165, 1.54) is 0 Å². The largest absolute Gasteiger partial charge is 0.326 e. The second-order valence-corrected chi connectivity index (χ2v) is 3.39. The van der Waals surface area contributed by atoms with Gasteiger partial charge in [0.1, 0.15) is 12.2 Å². The SMILES string of the molecule is O=C(F)[C@@H]1C[C@@H](F)CN1C(=O)CBr.